The first-order chi connectivity index (χ1) is 13.2. The molecule has 1 aromatic carbocycles. The lowest BCUT2D eigenvalue weighted by atomic mass is 10.2. The lowest BCUT2D eigenvalue weighted by Gasteiger charge is -2.26. The number of hydrogen-bond donors (Lipinski definition) is 2. The second kappa shape index (κ2) is 9.79. The van der Waals surface area contributed by atoms with Crippen molar-refractivity contribution in [3.8, 4) is 6.01 Å². The summed E-state index contributed by atoms with van der Waals surface area (Å²) in [6.07, 6.45) is 1.57. The average molecular weight is 371 g/mol. The van der Waals surface area contributed by atoms with Gasteiger partial charge in [-0.25, -0.2) is 0 Å². The Kier molecular flexibility index (Phi) is 6.89. The molecule has 2 N–H and O–H groups in total. The zero-order valence-electron chi connectivity index (χ0n) is 15.7. The first-order valence-electron chi connectivity index (χ1n) is 8.96. The summed E-state index contributed by atoms with van der Waals surface area (Å²) in [5.74, 6) is 1.01. The second-order valence-corrected chi connectivity index (χ2v) is 6.07. The van der Waals surface area contributed by atoms with Crippen molar-refractivity contribution in [2.75, 3.05) is 56.8 Å². The molecule has 1 aromatic heterocycles. The molecule has 1 fully saturated rings. The van der Waals surface area contributed by atoms with Crippen molar-refractivity contribution in [2.24, 2.45) is 5.10 Å². The van der Waals surface area contributed by atoms with Gasteiger partial charge in [0.25, 0.3) is 0 Å². The third-order valence-corrected chi connectivity index (χ3v) is 3.89. The SMILES string of the molecule is CNCCOc1nc(C=NNc2cccc(C)c2)nc(N2CCOCC2)n1. The van der Waals surface area contributed by atoms with Crippen molar-refractivity contribution < 1.29 is 9.47 Å². The number of hydrogen-bond acceptors (Lipinski definition) is 9. The molecule has 9 nitrogen and oxygen atoms in total. The molecule has 2 heterocycles. The molecule has 3 rings (SSSR count). The Morgan fingerprint density at radius 2 is 2.11 bits per heavy atom. The minimum Gasteiger partial charge on any atom is -0.462 e. The molecule has 0 unspecified atom stereocenters. The van der Waals surface area contributed by atoms with Crippen molar-refractivity contribution in [3.05, 3.63) is 35.7 Å². The van der Waals surface area contributed by atoms with Crippen molar-refractivity contribution in [1.29, 1.82) is 0 Å². The molecule has 0 amide bonds. The molecular weight excluding hydrogens is 346 g/mol. The fourth-order valence-corrected chi connectivity index (χ4v) is 2.51. The number of benzene rings is 1. The van der Waals surface area contributed by atoms with Gasteiger partial charge in [0.05, 0.1) is 25.1 Å². The number of likely N-dealkylation sites (N-methyl/N-ethyl adjacent to an activating group) is 1. The number of rotatable bonds is 8. The smallest absolute Gasteiger partial charge is 0.321 e. The van der Waals surface area contributed by atoms with Crippen LogP contribution in [0, 0.1) is 6.92 Å². The Morgan fingerprint density at radius 1 is 1.26 bits per heavy atom. The molecule has 1 aliphatic rings. The van der Waals surface area contributed by atoms with Crippen molar-refractivity contribution >= 4 is 17.9 Å². The summed E-state index contributed by atoms with van der Waals surface area (Å²) in [5, 5.41) is 7.27. The zero-order valence-corrected chi connectivity index (χ0v) is 15.7. The number of nitrogens with zero attached hydrogens (tertiary/aromatic N) is 5. The Labute approximate surface area is 158 Å². The fourth-order valence-electron chi connectivity index (χ4n) is 2.51. The summed E-state index contributed by atoms with van der Waals surface area (Å²) in [7, 11) is 1.87. The van der Waals surface area contributed by atoms with Crippen LogP contribution in [0.15, 0.2) is 29.4 Å². The Bertz CT molecular complexity index is 763. The van der Waals surface area contributed by atoms with Gasteiger partial charge in [-0.3, -0.25) is 5.43 Å². The van der Waals surface area contributed by atoms with Crippen LogP contribution in [0.1, 0.15) is 11.4 Å². The number of morpholine rings is 1. The van der Waals surface area contributed by atoms with Gasteiger partial charge < -0.3 is 19.7 Å². The summed E-state index contributed by atoms with van der Waals surface area (Å²) in [4.78, 5) is 15.3. The van der Waals surface area contributed by atoms with E-state index in [2.05, 4.69) is 35.7 Å². The molecule has 9 heteroatoms. The third kappa shape index (κ3) is 5.87. The molecule has 2 aromatic rings. The van der Waals surface area contributed by atoms with Crippen LogP contribution < -0.4 is 20.4 Å². The van der Waals surface area contributed by atoms with E-state index in [0.29, 0.717) is 44.1 Å². The van der Waals surface area contributed by atoms with Crippen molar-refractivity contribution in [1.82, 2.24) is 20.3 Å². The van der Waals surface area contributed by atoms with Gasteiger partial charge in [0.2, 0.25) is 5.95 Å². The first kappa shape index (κ1) is 19.0. The van der Waals surface area contributed by atoms with Gasteiger partial charge in [0, 0.05) is 19.6 Å². The van der Waals surface area contributed by atoms with Gasteiger partial charge in [-0.2, -0.15) is 20.1 Å². The first-order valence-corrected chi connectivity index (χ1v) is 8.96. The van der Waals surface area contributed by atoms with Crippen molar-refractivity contribution in [2.45, 2.75) is 6.92 Å². The number of aromatic nitrogens is 3. The lowest BCUT2D eigenvalue weighted by Crippen LogP contribution is -2.37. The van der Waals surface area contributed by atoms with Crippen LogP contribution in [0.2, 0.25) is 0 Å². The van der Waals surface area contributed by atoms with E-state index in [1.165, 1.54) is 0 Å². The molecule has 0 spiro atoms. The molecule has 1 aliphatic heterocycles. The Balaban J connectivity index is 1.74. The monoisotopic (exact) mass is 371 g/mol. The van der Waals surface area contributed by atoms with Gasteiger partial charge in [-0.1, -0.05) is 12.1 Å². The van der Waals surface area contributed by atoms with Crippen LogP contribution in [0.3, 0.4) is 0 Å². The lowest BCUT2D eigenvalue weighted by molar-refractivity contribution is 0.122. The van der Waals surface area contributed by atoms with Crippen LogP contribution in [0.5, 0.6) is 6.01 Å². The van der Waals surface area contributed by atoms with Gasteiger partial charge in [-0.15, -0.1) is 0 Å². The number of nitrogens with one attached hydrogen (secondary N) is 2. The topological polar surface area (TPSA) is 96.8 Å². The second-order valence-electron chi connectivity index (χ2n) is 6.07. The number of aryl methyl sites for hydroxylation is 1. The summed E-state index contributed by atoms with van der Waals surface area (Å²) < 4.78 is 11.0. The maximum Gasteiger partial charge on any atom is 0.321 e. The Morgan fingerprint density at radius 3 is 2.89 bits per heavy atom. The van der Waals surface area contributed by atoms with Gasteiger partial charge in [0.1, 0.15) is 6.61 Å². The van der Waals surface area contributed by atoms with Crippen LogP contribution in [-0.2, 0) is 4.74 Å². The van der Waals surface area contributed by atoms with Crippen LogP contribution in [-0.4, -0.2) is 67.7 Å². The highest BCUT2D eigenvalue weighted by atomic mass is 16.5. The summed E-state index contributed by atoms with van der Waals surface area (Å²) in [6.45, 7) is 5.98. The zero-order chi connectivity index (χ0) is 18.9. The predicted molar refractivity (Wildman–Crippen MR) is 105 cm³/mol. The number of ether oxygens (including phenoxy) is 2. The summed E-state index contributed by atoms with van der Waals surface area (Å²) >= 11 is 0. The maximum absolute atomic E-state index is 5.63. The quantitative estimate of drug-likeness (QED) is 0.404. The number of hydrazone groups is 1. The third-order valence-electron chi connectivity index (χ3n) is 3.89. The molecule has 0 saturated carbocycles. The predicted octanol–water partition coefficient (Wildman–Crippen LogP) is 1.06. The van der Waals surface area contributed by atoms with E-state index in [1.807, 2.05) is 38.2 Å². The van der Waals surface area contributed by atoms with Crippen LogP contribution in [0.4, 0.5) is 11.6 Å². The van der Waals surface area contributed by atoms with Gasteiger partial charge in [-0.05, 0) is 31.7 Å². The molecule has 1 saturated heterocycles. The average Bonchev–Trinajstić information content (AvgIpc) is 2.69. The van der Waals surface area contributed by atoms with E-state index in [1.54, 1.807) is 6.21 Å². The van der Waals surface area contributed by atoms with Crippen molar-refractivity contribution in [3.63, 3.8) is 0 Å². The highest BCUT2D eigenvalue weighted by Crippen LogP contribution is 2.14. The minimum absolute atomic E-state index is 0.291. The Hall–Kier alpha value is -2.78. The molecular formula is C18H25N7O2. The van der Waals surface area contributed by atoms with Gasteiger partial charge >= 0.3 is 6.01 Å². The largest absolute Gasteiger partial charge is 0.462 e. The molecule has 0 atom stereocenters. The standard InChI is InChI=1S/C18H25N7O2/c1-14-4-3-5-15(12-14)24-20-13-16-21-17(25-7-10-26-11-8-25)23-18(22-16)27-9-6-19-2/h3-5,12-13,19,24H,6-11H2,1-2H3. The van der Waals surface area contributed by atoms with E-state index >= 15 is 0 Å². The molecule has 144 valence electrons. The molecule has 27 heavy (non-hydrogen) atoms. The van der Waals surface area contributed by atoms with E-state index in [4.69, 9.17) is 9.47 Å². The molecule has 0 radical (unpaired) electrons. The number of anilines is 2. The molecule has 0 bridgehead atoms. The minimum atomic E-state index is 0.291. The van der Waals surface area contributed by atoms with E-state index in [9.17, 15) is 0 Å². The fraction of sp³-hybridized carbons (Fsp3) is 0.444. The van der Waals surface area contributed by atoms with Crippen LogP contribution in [0.25, 0.3) is 0 Å². The maximum atomic E-state index is 5.63. The van der Waals surface area contributed by atoms with E-state index < -0.39 is 0 Å². The highest BCUT2D eigenvalue weighted by molar-refractivity contribution is 5.75. The molecule has 0 aliphatic carbocycles. The van der Waals surface area contributed by atoms with Crippen LogP contribution >= 0.6 is 0 Å². The van der Waals surface area contributed by atoms with E-state index in [-0.39, 0.29) is 0 Å². The summed E-state index contributed by atoms with van der Waals surface area (Å²) in [6, 6.07) is 8.25. The highest BCUT2D eigenvalue weighted by Gasteiger charge is 2.16. The normalized spacial score (nSPS) is 14.5. The van der Waals surface area contributed by atoms with E-state index in [0.717, 1.165) is 24.3 Å². The van der Waals surface area contributed by atoms with Gasteiger partial charge in [0.15, 0.2) is 5.82 Å². The summed E-state index contributed by atoms with van der Waals surface area (Å²) in [5.41, 5.74) is 5.05.